The Morgan fingerprint density at radius 1 is 1.33 bits per heavy atom. The second-order valence-corrected chi connectivity index (χ2v) is 4.69. The maximum absolute atomic E-state index is 9.55. The molecular formula is C12H16Cl2O. The summed E-state index contributed by atoms with van der Waals surface area (Å²) in [7, 11) is 0. The van der Waals surface area contributed by atoms with Crippen LogP contribution in [0.4, 0.5) is 0 Å². The molecule has 15 heavy (non-hydrogen) atoms. The van der Waals surface area contributed by atoms with E-state index in [1.54, 1.807) is 6.07 Å². The van der Waals surface area contributed by atoms with E-state index >= 15 is 0 Å². The molecule has 84 valence electrons. The van der Waals surface area contributed by atoms with Gasteiger partial charge in [0.05, 0.1) is 6.10 Å². The number of hydrogen-bond donors (Lipinski definition) is 1. The van der Waals surface area contributed by atoms with E-state index in [0.717, 1.165) is 18.4 Å². The molecule has 1 aromatic carbocycles. The lowest BCUT2D eigenvalue weighted by Gasteiger charge is -2.18. The van der Waals surface area contributed by atoms with Crippen molar-refractivity contribution in [2.45, 2.75) is 32.8 Å². The molecule has 0 aromatic heterocycles. The maximum atomic E-state index is 9.55. The first-order valence-electron chi connectivity index (χ1n) is 5.16. The Kier molecular flexibility index (Phi) is 4.91. The number of halogens is 2. The number of hydrogen-bond acceptors (Lipinski definition) is 1. The lowest BCUT2D eigenvalue weighted by molar-refractivity contribution is 0.123. The molecule has 0 heterocycles. The van der Waals surface area contributed by atoms with Gasteiger partial charge in [0.1, 0.15) is 0 Å². The summed E-state index contributed by atoms with van der Waals surface area (Å²) < 4.78 is 0. The second-order valence-electron chi connectivity index (χ2n) is 3.85. The lowest BCUT2D eigenvalue weighted by atomic mass is 9.92. The predicted octanol–water partition coefficient (Wildman–Crippen LogP) is 3.94. The first-order valence-corrected chi connectivity index (χ1v) is 5.92. The summed E-state index contributed by atoms with van der Waals surface area (Å²) in [4.78, 5) is 0. The molecule has 1 nitrogen and oxygen atoms in total. The van der Waals surface area contributed by atoms with E-state index in [2.05, 4.69) is 6.92 Å². The van der Waals surface area contributed by atoms with E-state index in [1.807, 2.05) is 19.1 Å². The fourth-order valence-electron chi connectivity index (χ4n) is 1.63. The monoisotopic (exact) mass is 246 g/mol. The summed E-state index contributed by atoms with van der Waals surface area (Å²) >= 11 is 11.9. The van der Waals surface area contributed by atoms with E-state index in [9.17, 15) is 5.11 Å². The average Bonchev–Trinajstić information content (AvgIpc) is 2.16. The van der Waals surface area contributed by atoms with Crippen LogP contribution in [0.2, 0.25) is 10.0 Å². The molecule has 1 aromatic rings. The Bertz CT molecular complexity index is 323. The first-order chi connectivity index (χ1) is 7.04. The van der Waals surface area contributed by atoms with Crippen LogP contribution < -0.4 is 0 Å². The highest BCUT2D eigenvalue weighted by molar-refractivity contribution is 6.35. The molecule has 0 aliphatic rings. The van der Waals surface area contributed by atoms with Crippen LogP contribution >= 0.6 is 23.2 Å². The van der Waals surface area contributed by atoms with Gasteiger partial charge < -0.3 is 5.11 Å². The molecule has 2 atom stereocenters. The minimum atomic E-state index is -0.304. The summed E-state index contributed by atoms with van der Waals surface area (Å²) in [5.41, 5.74) is 1.05. The van der Waals surface area contributed by atoms with Crippen molar-refractivity contribution in [2.75, 3.05) is 0 Å². The minimum Gasteiger partial charge on any atom is -0.393 e. The molecule has 0 saturated carbocycles. The molecule has 0 spiro atoms. The van der Waals surface area contributed by atoms with Crippen LogP contribution in [0.5, 0.6) is 0 Å². The lowest BCUT2D eigenvalue weighted by Crippen LogP contribution is -2.18. The summed E-state index contributed by atoms with van der Waals surface area (Å²) in [6.45, 7) is 3.89. The molecule has 0 aliphatic carbocycles. The Balaban J connectivity index is 2.79. The van der Waals surface area contributed by atoms with Gasteiger partial charge in [-0.15, -0.1) is 0 Å². The van der Waals surface area contributed by atoms with E-state index < -0.39 is 0 Å². The van der Waals surface area contributed by atoms with Crippen LogP contribution in [0, 0.1) is 5.92 Å². The summed E-state index contributed by atoms with van der Waals surface area (Å²) in [5.74, 6) is 0.253. The molecule has 0 amide bonds. The molecule has 0 fully saturated rings. The predicted molar refractivity (Wildman–Crippen MR) is 65.6 cm³/mol. The molecule has 0 aliphatic heterocycles. The number of rotatable bonds is 4. The molecule has 3 heteroatoms. The zero-order chi connectivity index (χ0) is 11.4. The molecule has 1 rings (SSSR count). The average molecular weight is 247 g/mol. The maximum Gasteiger partial charge on any atom is 0.0543 e. The van der Waals surface area contributed by atoms with Crippen molar-refractivity contribution in [3.05, 3.63) is 33.8 Å². The quantitative estimate of drug-likeness (QED) is 0.854. The van der Waals surface area contributed by atoms with Gasteiger partial charge in [0, 0.05) is 10.0 Å². The smallest absolute Gasteiger partial charge is 0.0543 e. The number of benzene rings is 1. The van der Waals surface area contributed by atoms with Crippen LogP contribution in [0.15, 0.2) is 18.2 Å². The molecule has 0 radical (unpaired) electrons. The zero-order valence-electron chi connectivity index (χ0n) is 9.00. The summed E-state index contributed by atoms with van der Waals surface area (Å²) in [6, 6.07) is 5.50. The van der Waals surface area contributed by atoms with Gasteiger partial charge in [-0.25, -0.2) is 0 Å². The molecule has 0 bridgehead atoms. The second kappa shape index (κ2) is 5.74. The highest BCUT2D eigenvalue weighted by Crippen LogP contribution is 2.25. The third-order valence-electron chi connectivity index (χ3n) is 2.70. The fourth-order valence-corrected chi connectivity index (χ4v) is 2.11. The van der Waals surface area contributed by atoms with Crippen LogP contribution in [0.1, 0.15) is 25.8 Å². The van der Waals surface area contributed by atoms with Gasteiger partial charge in [0.2, 0.25) is 0 Å². The molecule has 0 saturated heterocycles. The van der Waals surface area contributed by atoms with Crippen LogP contribution in [-0.2, 0) is 6.42 Å². The van der Waals surface area contributed by atoms with Gasteiger partial charge in [-0.1, -0.05) is 42.6 Å². The van der Waals surface area contributed by atoms with Crippen LogP contribution in [0.3, 0.4) is 0 Å². The normalized spacial score (nSPS) is 15.0. The molecule has 2 unspecified atom stereocenters. The third kappa shape index (κ3) is 3.67. The van der Waals surface area contributed by atoms with Gasteiger partial charge >= 0.3 is 0 Å². The highest BCUT2D eigenvalue weighted by atomic mass is 35.5. The van der Waals surface area contributed by atoms with Crippen molar-refractivity contribution in [2.24, 2.45) is 5.92 Å². The largest absolute Gasteiger partial charge is 0.393 e. The highest BCUT2D eigenvalue weighted by Gasteiger charge is 2.14. The van der Waals surface area contributed by atoms with E-state index in [4.69, 9.17) is 23.2 Å². The standard InChI is InChI=1S/C12H16Cl2O/c1-3-9(8(2)15)6-10-4-5-11(13)7-12(10)14/h4-5,7-9,15H,3,6H2,1-2H3. The van der Waals surface area contributed by atoms with Crippen molar-refractivity contribution >= 4 is 23.2 Å². The Morgan fingerprint density at radius 2 is 2.00 bits per heavy atom. The van der Waals surface area contributed by atoms with Gasteiger partial charge in [-0.2, -0.15) is 0 Å². The van der Waals surface area contributed by atoms with Gasteiger partial charge in [-0.3, -0.25) is 0 Å². The number of aliphatic hydroxyl groups excluding tert-OH is 1. The Labute approximate surface area is 101 Å². The number of aliphatic hydroxyl groups is 1. The summed E-state index contributed by atoms with van der Waals surface area (Å²) in [6.07, 6.45) is 1.43. The Hall–Kier alpha value is -0.240. The van der Waals surface area contributed by atoms with Crippen molar-refractivity contribution in [1.82, 2.24) is 0 Å². The SMILES string of the molecule is CCC(Cc1ccc(Cl)cc1Cl)C(C)O. The van der Waals surface area contributed by atoms with Crippen molar-refractivity contribution < 1.29 is 5.11 Å². The van der Waals surface area contributed by atoms with Gasteiger partial charge in [-0.05, 0) is 37.0 Å². The Morgan fingerprint density at radius 3 is 2.47 bits per heavy atom. The van der Waals surface area contributed by atoms with Crippen molar-refractivity contribution in [1.29, 1.82) is 0 Å². The van der Waals surface area contributed by atoms with Gasteiger partial charge in [0.25, 0.3) is 0 Å². The topological polar surface area (TPSA) is 20.2 Å². The van der Waals surface area contributed by atoms with Crippen LogP contribution in [0.25, 0.3) is 0 Å². The van der Waals surface area contributed by atoms with E-state index in [0.29, 0.717) is 10.0 Å². The minimum absolute atomic E-state index is 0.253. The van der Waals surface area contributed by atoms with Crippen molar-refractivity contribution in [3.63, 3.8) is 0 Å². The zero-order valence-corrected chi connectivity index (χ0v) is 10.5. The molecular weight excluding hydrogens is 231 g/mol. The first kappa shape index (κ1) is 12.8. The van der Waals surface area contributed by atoms with Crippen molar-refractivity contribution in [3.8, 4) is 0 Å². The summed E-state index contributed by atoms with van der Waals surface area (Å²) in [5, 5.41) is 10.9. The third-order valence-corrected chi connectivity index (χ3v) is 3.29. The van der Waals surface area contributed by atoms with E-state index in [-0.39, 0.29) is 12.0 Å². The molecule has 1 N–H and O–H groups in total. The fraction of sp³-hybridized carbons (Fsp3) is 0.500. The van der Waals surface area contributed by atoms with Crippen LogP contribution in [-0.4, -0.2) is 11.2 Å². The van der Waals surface area contributed by atoms with Gasteiger partial charge in [0.15, 0.2) is 0 Å². The van der Waals surface area contributed by atoms with E-state index in [1.165, 1.54) is 0 Å².